The molecular formula is C24H27F3N2O3. The van der Waals surface area contributed by atoms with Gasteiger partial charge in [-0.25, -0.2) is 0 Å². The van der Waals surface area contributed by atoms with Gasteiger partial charge in [0.25, 0.3) is 5.91 Å². The number of benzene rings is 2. The molecule has 1 aliphatic heterocycles. The molecule has 1 saturated heterocycles. The Hall–Kier alpha value is -3.03. The molecule has 2 aromatic carbocycles. The SMILES string of the molecule is CCN(CC)C(=O)C1CN(C(=O)c2ccc(OC)cc2)CC1c1cccc(C(F)(F)F)c1. The van der Waals surface area contributed by atoms with Crippen molar-refractivity contribution in [2.45, 2.75) is 25.9 Å². The van der Waals surface area contributed by atoms with Gasteiger partial charge in [0.2, 0.25) is 5.91 Å². The number of carbonyl (C=O) groups is 2. The van der Waals surface area contributed by atoms with Gasteiger partial charge < -0.3 is 14.5 Å². The van der Waals surface area contributed by atoms with Crippen molar-refractivity contribution in [2.24, 2.45) is 5.92 Å². The zero-order chi connectivity index (χ0) is 23.5. The molecule has 1 fully saturated rings. The fourth-order valence-corrected chi connectivity index (χ4v) is 4.19. The highest BCUT2D eigenvalue weighted by Crippen LogP contribution is 2.38. The summed E-state index contributed by atoms with van der Waals surface area (Å²) in [6.45, 7) is 5.03. The molecule has 2 amide bonds. The molecule has 32 heavy (non-hydrogen) atoms. The molecule has 3 rings (SSSR count). The van der Waals surface area contributed by atoms with Crippen molar-refractivity contribution in [3.05, 3.63) is 65.2 Å². The average molecular weight is 448 g/mol. The van der Waals surface area contributed by atoms with Crippen molar-refractivity contribution in [3.63, 3.8) is 0 Å². The maximum atomic E-state index is 13.3. The Labute approximate surface area is 185 Å². The Balaban J connectivity index is 1.94. The number of hydrogen-bond donors (Lipinski definition) is 0. The van der Waals surface area contributed by atoms with E-state index in [-0.39, 0.29) is 24.9 Å². The number of hydrogen-bond acceptors (Lipinski definition) is 3. The van der Waals surface area contributed by atoms with E-state index in [1.807, 2.05) is 13.8 Å². The first-order chi connectivity index (χ1) is 15.2. The Morgan fingerprint density at radius 2 is 1.72 bits per heavy atom. The van der Waals surface area contributed by atoms with E-state index in [1.54, 1.807) is 40.1 Å². The predicted molar refractivity (Wildman–Crippen MR) is 115 cm³/mol. The van der Waals surface area contributed by atoms with Crippen LogP contribution in [0.2, 0.25) is 0 Å². The summed E-state index contributed by atoms with van der Waals surface area (Å²) in [4.78, 5) is 29.5. The minimum absolute atomic E-state index is 0.151. The minimum Gasteiger partial charge on any atom is -0.497 e. The first kappa shape index (κ1) is 23.6. The second kappa shape index (κ2) is 9.63. The molecule has 8 heteroatoms. The highest BCUT2D eigenvalue weighted by atomic mass is 19.4. The standard InChI is InChI=1S/C24H27F3N2O3/c1-4-28(5-2)23(31)21-15-29(22(30)16-9-11-19(32-3)12-10-16)14-20(21)17-7-6-8-18(13-17)24(25,26)27/h6-13,20-21H,4-5,14-15H2,1-3H3. The third kappa shape index (κ3) is 4.89. The fraction of sp³-hybridized carbons (Fsp3) is 0.417. The molecule has 0 N–H and O–H groups in total. The van der Waals surface area contributed by atoms with E-state index in [9.17, 15) is 22.8 Å². The molecule has 0 saturated carbocycles. The summed E-state index contributed by atoms with van der Waals surface area (Å²) in [5.74, 6) is -0.936. The van der Waals surface area contributed by atoms with Gasteiger partial charge in [0, 0.05) is 37.7 Å². The second-order valence-electron chi connectivity index (χ2n) is 7.79. The zero-order valence-corrected chi connectivity index (χ0v) is 18.4. The summed E-state index contributed by atoms with van der Waals surface area (Å²) in [6.07, 6.45) is -4.48. The quantitative estimate of drug-likeness (QED) is 0.657. The van der Waals surface area contributed by atoms with E-state index in [1.165, 1.54) is 13.2 Å². The lowest BCUT2D eigenvalue weighted by atomic mass is 9.87. The fourth-order valence-electron chi connectivity index (χ4n) is 4.19. The van der Waals surface area contributed by atoms with Crippen molar-refractivity contribution in [1.29, 1.82) is 0 Å². The molecule has 2 unspecified atom stereocenters. The average Bonchev–Trinajstić information content (AvgIpc) is 3.24. The topological polar surface area (TPSA) is 49.9 Å². The number of carbonyl (C=O) groups excluding carboxylic acids is 2. The molecule has 0 aromatic heterocycles. The van der Waals surface area contributed by atoms with E-state index < -0.39 is 23.6 Å². The lowest BCUT2D eigenvalue weighted by Crippen LogP contribution is -2.39. The summed E-state index contributed by atoms with van der Waals surface area (Å²) in [6, 6.07) is 11.7. The normalized spacial score (nSPS) is 18.5. The number of likely N-dealkylation sites (tertiary alicyclic amines) is 1. The van der Waals surface area contributed by atoms with E-state index in [0.29, 0.717) is 30.0 Å². The molecule has 172 valence electrons. The van der Waals surface area contributed by atoms with Gasteiger partial charge in [0.05, 0.1) is 18.6 Å². The highest BCUT2D eigenvalue weighted by Gasteiger charge is 2.42. The van der Waals surface area contributed by atoms with Crippen LogP contribution >= 0.6 is 0 Å². The van der Waals surface area contributed by atoms with E-state index in [2.05, 4.69) is 0 Å². The molecule has 2 aromatic rings. The van der Waals surface area contributed by atoms with Crippen LogP contribution in [0, 0.1) is 5.92 Å². The maximum Gasteiger partial charge on any atom is 0.416 e. The summed E-state index contributed by atoms with van der Waals surface area (Å²) < 4.78 is 45.0. The highest BCUT2D eigenvalue weighted by molar-refractivity contribution is 5.95. The summed E-state index contributed by atoms with van der Waals surface area (Å²) in [5.41, 5.74) is 0.0869. The third-order valence-electron chi connectivity index (χ3n) is 5.98. The number of alkyl halides is 3. The van der Waals surface area contributed by atoms with Crippen molar-refractivity contribution >= 4 is 11.8 Å². The first-order valence-corrected chi connectivity index (χ1v) is 10.6. The van der Waals surface area contributed by atoms with Gasteiger partial charge in [0.15, 0.2) is 0 Å². The van der Waals surface area contributed by atoms with E-state index in [0.717, 1.165) is 12.1 Å². The van der Waals surface area contributed by atoms with Crippen LogP contribution in [0.25, 0.3) is 0 Å². The number of nitrogens with zero attached hydrogens (tertiary/aromatic N) is 2. The summed E-state index contributed by atoms with van der Waals surface area (Å²) in [7, 11) is 1.53. The van der Waals surface area contributed by atoms with Gasteiger partial charge in [-0.3, -0.25) is 9.59 Å². The summed E-state index contributed by atoms with van der Waals surface area (Å²) in [5, 5.41) is 0. The smallest absolute Gasteiger partial charge is 0.416 e. The van der Waals surface area contributed by atoms with Crippen molar-refractivity contribution in [3.8, 4) is 5.75 Å². The number of rotatable bonds is 6. The minimum atomic E-state index is -4.48. The number of halogens is 3. The van der Waals surface area contributed by atoms with Crippen LogP contribution in [0.1, 0.15) is 41.3 Å². The molecule has 5 nitrogen and oxygen atoms in total. The lowest BCUT2D eigenvalue weighted by Gasteiger charge is -2.26. The molecular weight excluding hydrogens is 421 g/mol. The Bertz CT molecular complexity index is 956. The van der Waals surface area contributed by atoms with Crippen LogP contribution < -0.4 is 4.74 Å². The van der Waals surface area contributed by atoms with Crippen LogP contribution in [-0.4, -0.2) is 54.9 Å². The van der Waals surface area contributed by atoms with Gasteiger partial charge >= 0.3 is 6.18 Å². The van der Waals surface area contributed by atoms with Crippen molar-refractivity contribution in [1.82, 2.24) is 9.80 Å². The van der Waals surface area contributed by atoms with Gasteiger partial charge in [0.1, 0.15) is 5.75 Å². The number of amides is 2. The van der Waals surface area contributed by atoms with Crippen LogP contribution in [-0.2, 0) is 11.0 Å². The first-order valence-electron chi connectivity index (χ1n) is 10.6. The Morgan fingerprint density at radius 1 is 1.06 bits per heavy atom. The maximum absolute atomic E-state index is 13.3. The molecule has 0 spiro atoms. The molecule has 1 aliphatic rings. The molecule has 0 aliphatic carbocycles. The van der Waals surface area contributed by atoms with Crippen molar-refractivity contribution < 1.29 is 27.5 Å². The molecule has 0 radical (unpaired) electrons. The van der Waals surface area contributed by atoms with Crippen LogP contribution in [0.15, 0.2) is 48.5 Å². The molecule has 0 bridgehead atoms. The van der Waals surface area contributed by atoms with Gasteiger partial charge in [-0.1, -0.05) is 18.2 Å². The Morgan fingerprint density at radius 3 is 2.28 bits per heavy atom. The largest absolute Gasteiger partial charge is 0.497 e. The number of methoxy groups -OCH3 is 1. The van der Waals surface area contributed by atoms with Gasteiger partial charge in [-0.2, -0.15) is 13.2 Å². The summed E-state index contributed by atoms with van der Waals surface area (Å²) >= 11 is 0. The van der Waals surface area contributed by atoms with Crippen molar-refractivity contribution in [2.75, 3.05) is 33.3 Å². The van der Waals surface area contributed by atoms with Crippen LogP contribution in [0.5, 0.6) is 5.75 Å². The van der Waals surface area contributed by atoms with E-state index >= 15 is 0 Å². The Kier molecular flexibility index (Phi) is 7.11. The number of ether oxygens (including phenoxy) is 1. The van der Waals surface area contributed by atoms with Gasteiger partial charge in [-0.15, -0.1) is 0 Å². The van der Waals surface area contributed by atoms with Crippen LogP contribution in [0.3, 0.4) is 0 Å². The van der Waals surface area contributed by atoms with Gasteiger partial charge in [-0.05, 0) is 49.7 Å². The second-order valence-corrected chi connectivity index (χ2v) is 7.79. The van der Waals surface area contributed by atoms with Crippen LogP contribution in [0.4, 0.5) is 13.2 Å². The monoisotopic (exact) mass is 448 g/mol. The predicted octanol–water partition coefficient (Wildman–Crippen LogP) is 4.44. The zero-order valence-electron chi connectivity index (χ0n) is 18.4. The third-order valence-corrected chi connectivity index (χ3v) is 5.98. The van der Waals surface area contributed by atoms with E-state index in [4.69, 9.17) is 4.74 Å². The lowest BCUT2D eigenvalue weighted by molar-refractivity contribution is -0.137. The molecule has 2 atom stereocenters. The molecule has 1 heterocycles.